The molecule has 2 aromatic rings. The number of nitrogens with zero attached hydrogens (tertiary/aromatic N) is 4. The summed E-state index contributed by atoms with van der Waals surface area (Å²) in [7, 11) is 1.85. The summed E-state index contributed by atoms with van der Waals surface area (Å²) in [5.74, 6) is 0.000761. The van der Waals surface area contributed by atoms with Gasteiger partial charge in [-0.1, -0.05) is 13.3 Å². The fourth-order valence-electron chi connectivity index (χ4n) is 3.34. The van der Waals surface area contributed by atoms with Crippen LogP contribution >= 0.6 is 0 Å². The van der Waals surface area contributed by atoms with E-state index in [-0.39, 0.29) is 13.1 Å². The molecule has 0 radical (unpaired) electrons. The first-order chi connectivity index (χ1) is 12.3. The van der Waals surface area contributed by atoms with E-state index in [1.165, 1.54) is 19.3 Å². The third-order valence-corrected chi connectivity index (χ3v) is 4.48. The maximum Gasteiger partial charge on any atom is 0.346 e. The minimum atomic E-state index is -0.823. The lowest BCUT2D eigenvalue weighted by molar-refractivity contribution is -0.685. The Morgan fingerprint density at radius 3 is 2.35 bits per heavy atom. The molecule has 8 heteroatoms. The van der Waals surface area contributed by atoms with E-state index in [1.54, 1.807) is 32.4 Å². The molecule has 0 amide bonds. The largest absolute Gasteiger partial charge is 0.478 e. The first kappa shape index (κ1) is 19.7. The summed E-state index contributed by atoms with van der Waals surface area (Å²) in [5.41, 5.74) is 0. The van der Waals surface area contributed by atoms with Crippen LogP contribution in [0, 0.1) is 11.8 Å². The fraction of sp³-hybridized carbons (Fsp3) is 0.556. The van der Waals surface area contributed by atoms with Crippen molar-refractivity contribution in [2.75, 3.05) is 0 Å². The Labute approximate surface area is 152 Å². The van der Waals surface area contributed by atoms with Gasteiger partial charge in [0, 0.05) is 0 Å². The monoisotopic (exact) mass is 364 g/mol. The molecule has 0 bridgehead atoms. The SMILES string of the molecule is CC1CCC(Cn2cc[n+](CC(=O)O)c2)C1.C[n+]1ccn(CC(=O)O)c1. The van der Waals surface area contributed by atoms with Gasteiger partial charge in [-0.2, -0.15) is 0 Å². The van der Waals surface area contributed by atoms with Gasteiger partial charge >= 0.3 is 11.9 Å². The number of rotatable bonds is 6. The number of hydrogen-bond acceptors (Lipinski definition) is 2. The predicted octanol–water partition coefficient (Wildman–Crippen LogP) is 0.694. The lowest BCUT2D eigenvalue weighted by atomic mass is 10.1. The van der Waals surface area contributed by atoms with Crippen molar-refractivity contribution in [2.24, 2.45) is 18.9 Å². The van der Waals surface area contributed by atoms with Crippen LogP contribution < -0.4 is 9.13 Å². The zero-order valence-electron chi connectivity index (χ0n) is 15.4. The molecule has 8 nitrogen and oxygen atoms in total. The number of carbonyl (C=O) groups is 2. The summed E-state index contributed by atoms with van der Waals surface area (Å²) in [6.07, 6.45) is 14.8. The summed E-state index contributed by atoms with van der Waals surface area (Å²) in [5, 5.41) is 17.0. The molecule has 0 aromatic carbocycles. The Morgan fingerprint density at radius 1 is 1.08 bits per heavy atom. The molecule has 2 aromatic heterocycles. The molecule has 142 valence electrons. The Balaban J connectivity index is 0.000000209. The molecule has 0 spiro atoms. The van der Waals surface area contributed by atoms with Crippen molar-refractivity contribution in [3.05, 3.63) is 37.4 Å². The number of aromatic nitrogens is 4. The molecular weight excluding hydrogens is 336 g/mol. The molecule has 1 aliphatic carbocycles. The summed E-state index contributed by atoms with van der Waals surface area (Å²) < 4.78 is 7.21. The highest BCUT2D eigenvalue weighted by molar-refractivity contribution is 5.66. The number of aryl methyl sites for hydroxylation is 1. The molecule has 1 saturated carbocycles. The van der Waals surface area contributed by atoms with Crippen molar-refractivity contribution in [2.45, 2.75) is 45.8 Å². The van der Waals surface area contributed by atoms with Crippen LogP contribution in [-0.2, 0) is 36.3 Å². The predicted molar refractivity (Wildman–Crippen MR) is 92.0 cm³/mol. The zero-order valence-corrected chi connectivity index (χ0v) is 15.4. The second kappa shape index (κ2) is 9.17. The third kappa shape index (κ3) is 6.70. The molecule has 3 rings (SSSR count). The van der Waals surface area contributed by atoms with Crippen LogP contribution in [0.2, 0.25) is 0 Å². The van der Waals surface area contributed by atoms with E-state index in [2.05, 4.69) is 11.5 Å². The van der Waals surface area contributed by atoms with Crippen LogP contribution in [0.25, 0.3) is 0 Å². The highest BCUT2D eigenvalue weighted by Crippen LogP contribution is 2.31. The quantitative estimate of drug-likeness (QED) is 0.738. The van der Waals surface area contributed by atoms with Gasteiger partial charge in [0.15, 0.2) is 13.1 Å². The maximum atomic E-state index is 10.5. The average Bonchev–Trinajstić information content (AvgIpc) is 3.23. The highest BCUT2D eigenvalue weighted by atomic mass is 16.4. The summed E-state index contributed by atoms with van der Waals surface area (Å²) in [6.45, 7) is 3.41. The minimum Gasteiger partial charge on any atom is -0.478 e. The Hall–Kier alpha value is -2.64. The first-order valence-corrected chi connectivity index (χ1v) is 8.81. The van der Waals surface area contributed by atoms with Crippen molar-refractivity contribution in [1.29, 1.82) is 0 Å². The number of carboxylic acids is 2. The van der Waals surface area contributed by atoms with Crippen LogP contribution in [0.5, 0.6) is 0 Å². The van der Waals surface area contributed by atoms with Crippen LogP contribution in [0.4, 0.5) is 0 Å². The van der Waals surface area contributed by atoms with E-state index in [0.29, 0.717) is 0 Å². The number of carboxylic acid groups (broad SMARTS) is 2. The minimum absolute atomic E-state index is 0.0286. The van der Waals surface area contributed by atoms with Gasteiger partial charge in [0.2, 0.25) is 12.7 Å². The Kier molecular flexibility index (Phi) is 6.94. The Morgan fingerprint density at radius 2 is 1.81 bits per heavy atom. The van der Waals surface area contributed by atoms with Crippen molar-refractivity contribution in [1.82, 2.24) is 9.13 Å². The second-order valence-electron chi connectivity index (χ2n) is 7.11. The first-order valence-electron chi connectivity index (χ1n) is 8.81. The van der Waals surface area contributed by atoms with Crippen molar-refractivity contribution in [3.8, 4) is 0 Å². The lowest BCUT2D eigenvalue weighted by Gasteiger charge is -2.05. The van der Waals surface area contributed by atoms with Crippen molar-refractivity contribution >= 4 is 11.9 Å². The third-order valence-electron chi connectivity index (χ3n) is 4.48. The second-order valence-corrected chi connectivity index (χ2v) is 7.11. The molecule has 1 aliphatic rings. The van der Waals surface area contributed by atoms with Gasteiger partial charge < -0.3 is 10.2 Å². The van der Waals surface area contributed by atoms with E-state index < -0.39 is 11.9 Å². The maximum absolute atomic E-state index is 10.5. The number of aliphatic carboxylic acids is 2. The van der Waals surface area contributed by atoms with E-state index in [1.807, 2.05) is 25.8 Å². The molecule has 2 N–H and O–H groups in total. The summed E-state index contributed by atoms with van der Waals surface area (Å²) in [4.78, 5) is 20.7. The van der Waals surface area contributed by atoms with Crippen molar-refractivity contribution in [3.63, 3.8) is 0 Å². The van der Waals surface area contributed by atoms with Crippen LogP contribution in [0.1, 0.15) is 26.2 Å². The fourth-order valence-corrected chi connectivity index (χ4v) is 3.34. The molecule has 1 fully saturated rings. The molecule has 26 heavy (non-hydrogen) atoms. The van der Waals surface area contributed by atoms with E-state index in [0.717, 1.165) is 18.4 Å². The van der Waals surface area contributed by atoms with Gasteiger partial charge in [-0.15, -0.1) is 0 Å². The highest BCUT2D eigenvalue weighted by Gasteiger charge is 2.23. The van der Waals surface area contributed by atoms with Gasteiger partial charge in [0.05, 0.1) is 13.6 Å². The van der Waals surface area contributed by atoms with Gasteiger partial charge in [-0.3, -0.25) is 0 Å². The van der Waals surface area contributed by atoms with Crippen LogP contribution in [0.3, 0.4) is 0 Å². The average molecular weight is 364 g/mol. The van der Waals surface area contributed by atoms with Crippen LogP contribution in [0.15, 0.2) is 37.4 Å². The van der Waals surface area contributed by atoms with Gasteiger partial charge in [0.1, 0.15) is 24.8 Å². The molecule has 2 unspecified atom stereocenters. The van der Waals surface area contributed by atoms with E-state index in [4.69, 9.17) is 10.2 Å². The molecule has 2 atom stereocenters. The molecule has 2 heterocycles. The molecule has 0 saturated heterocycles. The Bertz CT molecular complexity index is 737. The zero-order chi connectivity index (χ0) is 19.1. The van der Waals surface area contributed by atoms with E-state index in [9.17, 15) is 9.59 Å². The standard InChI is InChI=1S/C12H18N2O2.C6H8N2O2/c1-10-2-3-11(6-10)7-13-4-5-14(9-13)8-12(15)16;1-7-2-3-8(5-7)4-6(9)10/h4-5,9-11H,2-3,6-8H2,1H3;2-3,5H,4H2,1H3/p+2. The van der Waals surface area contributed by atoms with Gasteiger partial charge in [-0.25, -0.2) is 27.9 Å². The lowest BCUT2D eigenvalue weighted by Crippen LogP contribution is -2.35. The van der Waals surface area contributed by atoms with E-state index >= 15 is 0 Å². The van der Waals surface area contributed by atoms with Gasteiger partial charge in [-0.05, 0) is 24.7 Å². The van der Waals surface area contributed by atoms with Crippen LogP contribution in [-0.4, -0.2) is 31.3 Å². The normalized spacial score (nSPS) is 19.0. The van der Waals surface area contributed by atoms with Crippen molar-refractivity contribution < 1.29 is 28.9 Å². The molecular formula is C18H28N4O4+2. The number of imidazole rings is 2. The number of hydrogen-bond donors (Lipinski definition) is 2. The van der Waals surface area contributed by atoms with Gasteiger partial charge in [0.25, 0.3) is 0 Å². The summed E-state index contributed by atoms with van der Waals surface area (Å²) in [6, 6.07) is 0. The molecule has 0 aliphatic heterocycles. The topological polar surface area (TPSA) is 92.2 Å². The smallest absolute Gasteiger partial charge is 0.346 e. The summed E-state index contributed by atoms with van der Waals surface area (Å²) >= 11 is 0.